The van der Waals surface area contributed by atoms with Gasteiger partial charge in [0.25, 0.3) is 5.91 Å². The van der Waals surface area contributed by atoms with Gasteiger partial charge >= 0.3 is 0 Å². The van der Waals surface area contributed by atoms with Crippen LogP contribution in [0.3, 0.4) is 0 Å². The first-order valence-corrected chi connectivity index (χ1v) is 9.34. The van der Waals surface area contributed by atoms with E-state index in [2.05, 4.69) is 6.92 Å². The molecule has 1 aromatic rings. The maximum atomic E-state index is 12.9. The Labute approximate surface area is 150 Å². The lowest BCUT2D eigenvalue weighted by atomic mass is 9.91. The second kappa shape index (κ2) is 7.82. The highest BCUT2D eigenvalue weighted by Gasteiger charge is 2.30. The lowest BCUT2D eigenvalue weighted by Gasteiger charge is -2.38. The number of carbonyl (C=O) groups excluding carboxylic acids is 1. The van der Waals surface area contributed by atoms with Crippen LogP contribution in [0.2, 0.25) is 0 Å². The summed E-state index contributed by atoms with van der Waals surface area (Å²) in [7, 11) is -3.87. The van der Waals surface area contributed by atoms with Crippen LogP contribution in [0.4, 0.5) is 0 Å². The molecule has 1 aromatic carbocycles. The molecule has 1 aliphatic heterocycles. The summed E-state index contributed by atoms with van der Waals surface area (Å²) in [5.74, 6) is 0.354. The number of likely N-dealkylation sites (tertiary alicyclic amines) is 1. The molecule has 0 aliphatic carbocycles. The van der Waals surface area contributed by atoms with Gasteiger partial charge in [0.15, 0.2) is 0 Å². The smallest absolute Gasteiger partial charge is 0.254 e. The molecular weight excluding hydrogens is 350 g/mol. The van der Waals surface area contributed by atoms with Crippen LogP contribution in [0.1, 0.15) is 41.3 Å². The van der Waals surface area contributed by atoms with E-state index in [4.69, 9.17) is 10.9 Å². The van der Waals surface area contributed by atoms with Crippen LogP contribution in [0.5, 0.6) is 0 Å². The van der Waals surface area contributed by atoms with Crippen LogP contribution in [-0.2, 0) is 10.0 Å². The Balaban J connectivity index is 0.00000288. The number of rotatable bonds is 3. The van der Waals surface area contributed by atoms with Crippen LogP contribution in [0.15, 0.2) is 17.0 Å². The fourth-order valence-electron chi connectivity index (χ4n) is 3.15. The highest BCUT2D eigenvalue weighted by Crippen LogP contribution is 2.26. The van der Waals surface area contributed by atoms with Crippen molar-refractivity contribution >= 4 is 28.3 Å². The van der Waals surface area contributed by atoms with E-state index < -0.39 is 10.0 Å². The Morgan fingerprint density at radius 3 is 2.50 bits per heavy atom. The van der Waals surface area contributed by atoms with Gasteiger partial charge in [0.1, 0.15) is 0 Å². The Morgan fingerprint density at radius 1 is 1.33 bits per heavy atom. The van der Waals surface area contributed by atoms with Gasteiger partial charge in [0.2, 0.25) is 10.0 Å². The Kier molecular flexibility index (Phi) is 6.81. The van der Waals surface area contributed by atoms with Crippen LogP contribution in [0, 0.1) is 19.8 Å². The number of nitrogens with zero attached hydrogens (tertiary/aromatic N) is 1. The van der Waals surface area contributed by atoms with Crippen molar-refractivity contribution in [3.8, 4) is 0 Å². The van der Waals surface area contributed by atoms with Crippen LogP contribution >= 0.6 is 12.4 Å². The van der Waals surface area contributed by atoms with E-state index in [0.717, 1.165) is 18.4 Å². The average Bonchev–Trinajstić information content (AvgIpc) is 2.47. The summed E-state index contributed by atoms with van der Waals surface area (Å²) in [6, 6.07) is 3.09. The number of hydrogen-bond donors (Lipinski definition) is 2. The van der Waals surface area contributed by atoms with Gasteiger partial charge in [-0.2, -0.15) is 0 Å². The van der Waals surface area contributed by atoms with Gasteiger partial charge in [-0.1, -0.05) is 6.92 Å². The number of carbonyl (C=O) groups is 1. The van der Waals surface area contributed by atoms with Crippen molar-refractivity contribution in [3.05, 3.63) is 28.8 Å². The van der Waals surface area contributed by atoms with Crippen molar-refractivity contribution in [2.24, 2.45) is 16.8 Å². The molecule has 1 fully saturated rings. The lowest BCUT2D eigenvalue weighted by Crippen LogP contribution is -2.49. The molecule has 6 nitrogen and oxygen atoms in total. The molecule has 4 N–H and O–H groups in total. The molecule has 8 heteroatoms. The number of primary sulfonamides is 1. The summed E-state index contributed by atoms with van der Waals surface area (Å²) in [4.78, 5) is 14.6. The molecule has 1 saturated heterocycles. The minimum absolute atomic E-state index is 0. The van der Waals surface area contributed by atoms with Crippen molar-refractivity contribution in [3.63, 3.8) is 0 Å². The summed E-state index contributed by atoms with van der Waals surface area (Å²) in [6.45, 7) is 6.66. The van der Waals surface area contributed by atoms with E-state index >= 15 is 0 Å². The van der Waals surface area contributed by atoms with Gasteiger partial charge in [-0.25, -0.2) is 13.6 Å². The number of hydrogen-bond acceptors (Lipinski definition) is 4. The highest BCUT2D eigenvalue weighted by atomic mass is 35.5. The van der Waals surface area contributed by atoms with Gasteiger partial charge in [-0.3, -0.25) is 4.79 Å². The van der Waals surface area contributed by atoms with E-state index in [1.54, 1.807) is 24.8 Å². The number of benzene rings is 1. The summed E-state index contributed by atoms with van der Waals surface area (Å²) in [5.41, 5.74) is 7.47. The van der Waals surface area contributed by atoms with Crippen LogP contribution in [-0.4, -0.2) is 38.4 Å². The fraction of sp³-hybridized carbons (Fsp3) is 0.562. The standard InChI is InChI=1S/C16H25N3O3S.ClH/c1-10-4-5-19(14(6-10)9-17)16(20)13-7-11(2)12(3)15(8-13)23(18,21)22;/h7-8,10,14H,4-6,9,17H2,1-3H3,(H2,18,21,22);1H. The van der Waals surface area contributed by atoms with Crippen LogP contribution < -0.4 is 10.9 Å². The first kappa shape index (κ1) is 20.9. The number of nitrogens with two attached hydrogens (primary N) is 2. The SMILES string of the molecule is Cc1cc(C(=O)N2CCC(C)CC2CN)cc(S(N)(=O)=O)c1C.Cl. The number of aryl methyl sites for hydroxylation is 1. The zero-order valence-electron chi connectivity index (χ0n) is 14.3. The number of sulfonamides is 1. The van der Waals surface area contributed by atoms with Gasteiger partial charge in [-0.05, 0) is 55.9 Å². The molecular formula is C16H26ClN3O3S. The molecule has 136 valence electrons. The highest BCUT2D eigenvalue weighted by molar-refractivity contribution is 7.89. The minimum Gasteiger partial charge on any atom is -0.334 e. The maximum absolute atomic E-state index is 12.9. The van der Waals surface area contributed by atoms with Crippen molar-refractivity contribution < 1.29 is 13.2 Å². The maximum Gasteiger partial charge on any atom is 0.254 e. The van der Waals surface area contributed by atoms with Gasteiger partial charge in [0.05, 0.1) is 4.90 Å². The first-order chi connectivity index (χ1) is 10.6. The molecule has 0 saturated carbocycles. The fourth-order valence-corrected chi connectivity index (χ4v) is 4.03. The number of piperidine rings is 1. The zero-order valence-corrected chi connectivity index (χ0v) is 15.9. The molecule has 1 amide bonds. The van der Waals surface area contributed by atoms with Gasteiger partial charge in [-0.15, -0.1) is 12.4 Å². The summed E-state index contributed by atoms with van der Waals surface area (Å²) < 4.78 is 23.5. The normalized spacial score (nSPS) is 21.3. The molecule has 0 radical (unpaired) electrons. The van der Waals surface area contributed by atoms with E-state index in [1.807, 2.05) is 0 Å². The summed E-state index contributed by atoms with van der Waals surface area (Å²) in [5, 5.41) is 5.27. The molecule has 1 heterocycles. The predicted molar refractivity (Wildman–Crippen MR) is 96.8 cm³/mol. The minimum atomic E-state index is -3.87. The third kappa shape index (κ3) is 4.27. The summed E-state index contributed by atoms with van der Waals surface area (Å²) >= 11 is 0. The Hall–Kier alpha value is -1.15. The largest absolute Gasteiger partial charge is 0.334 e. The number of amides is 1. The van der Waals surface area contributed by atoms with Crippen molar-refractivity contribution in [2.75, 3.05) is 13.1 Å². The van der Waals surface area contributed by atoms with Crippen molar-refractivity contribution in [1.82, 2.24) is 4.90 Å². The Bertz CT molecular complexity index is 722. The lowest BCUT2D eigenvalue weighted by molar-refractivity contribution is 0.0573. The van der Waals surface area contributed by atoms with Crippen LogP contribution in [0.25, 0.3) is 0 Å². The molecule has 2 atom stereocenters. The molecule has 0 bridgehead atoms. The van der Waals surface area contributed by atoms with E-state index in [9.17, 15) is 13.2 Å². The van der Waals surface area contributed by atoms with E-state index in [0.29, 0.717) is 30.1 Å². The molecule has 2 rings (SSSR count). The van der Waals surface area contributed by atoms with Gasteiger partial charge < -0.3 is 10.6 Å². The van der Waals surface area contributed by atoms with Crippen molar-refractivity contribution in [2.45, 2.75) is 44.6 Å². The third-order valence-electron chi connectivity index (χ3n) is 4.68. The number of halogens is 1. The summed E-state index contributed by atoms with van der Waals surface area (Å²) in [6.07, 6.45) is 1.80. The third-order valence-corrected chi connectivity index (χ3v) is 5.72. The monoisotopic (exact) mass is 375 g/mol. The molecule has 0 spiro atoms. The second-order valence-electron chi connectivity index (χ2n) is 6.48. The molecule has 1 aliphatic rings. The quantitative estimate of drug-likeness (QED) is 0.836. The molecule has 0 aromatic heterocycles. The topological polar surface area (TPSA) is 106 Å². The Morgan fingerprint density at radius 2 is 1.96 bits per heavy atom. The second-order valence-corrected chi connectivity index (χ2v) is 8.01. The first-order valence-electron chi connectivity index (χ1n) is 7.80. The van der Waals surface area contributed by atoms with Crippen molar-refractivity contribution in [1.29, 1.82) is 0 Å². The van der Waals surface area contributed by atoms with E-state index in [-0.39, 0.29) is 29.3 Å². The molecule has 24 heavy (non-hydrogen) atoms. The zero-order chi connectivity index (χ0) is 17.4. The average molecular weight is 376 g/mol. The van der Waals surface area contributed by atoms with Gasteiger partial charge in [0, 0.05) is 24.7 Å². The molecule has 2 unspecified atom stereocenters. The predicted octanol–water partition coefficient (Wildman–Crippen LogP) is 1.57. The van der Waals surface area contributed by atoms with E-state index in [1.165, 1.54) is 6.07 Å².